The fourth-order valence-electron chi connectivity index (χ4n) is 2.96. The van der Waals surface area contributed by atoms with Crippen LogP contribution in [0.25, 0.3) is 0 Å². The van der Waals surface area contributed by atoms with E-state index in [0.717, 1.165) is 55.9 Å². The maximum absolute atomic E-state index is 4.67. The van der Waals surface area contributed by atoms with Crippen LogP contribution in [0.3, 0.4) is 0 Å². The average Bonchev–Trinajstić information content (AvgIpc) is 2.57. The van der Waals surface area contributed by atoms with Crippen molar-refractivity contribution >= 4 is 17.3 Å². The summed E-state index contributed by atoms with van der Waals surface area (Å²) in [7, 11) is 2.17. The van der Waals surface area contributed by atoms with Crippen LogP contribution >= 0.6 is 0 Å². The molecule has 0 spiro atoms. The molecule has 2 aromatic rings. The highest BCUT2D eigenvalue weighted by Crippen LogP contribution is 2.26. The van der Waals surface area contributed by atoms with E-state index < -0.39 is 0 Å². The number of nitrogens with zero attached hydrogens (tertiary/aromatic N) is 5. The number of aromatic nitrogens is 2. The number of benzene rings is 1. The minimum atomic E-state index is 0.825. The summed E-state index contributed by atoms with van der Waals surface area (Å²) >= 11 is 0. The lowest BCUT2D eigenvalue weighted by molar-refractivity contribution is 0.312. The van der Waals surface area contributed by atoms with Crippen molar-refractivity contribution in [3.8, 4) is 0 Å². The second kappa shape index (κ2) is 6.96. The van der Waals surface area contributed by atoms with Crippen LogP contribution in [-0.2, 0) is 0 Å². The number of rotatable bonds is 4. The topological polar surface area (TPSA) is 35.5 Å². The third kappa shape index (κ3) is 3.62. The first-order valence-corrected chi connectivity index (χ1v) is 8.29. The van der Waals surface area contributed by atoms with E-state index in [2.05, 4.69) is 69.0 Å². The Morgan fingerprint density at radius 2 is 1.74 bits per heavy atom. The second-order valence-corrected chi connectivity index (χ2v) is 6.00. The van der Waals surface area contributed by atoms with Gasteiger partial charge in [0.05, 0.1) is 0 Å². The van der Waals surface area contributed by atoms with Crippen molar-refractivity contribution < 1.29 is 0 Å². The van der Waals surface area contributed by atoms with Gasteiger partial charge in [-0.15, -0.1) is 0 Å². The van der Waals surface area contributed by atoms with Crippen LogP contribution in [0.5, 0.6) is 0 Å². The lowest BCUT2D eigenvalue weighted by Gasteiger charge is -2.34. The molecule has 2 heterocycles. The summed E-state index contributed by atoms with van der Waals surface area (Å²) in [5, 5.41) is 0. The van der Waals surface area contributed by atoms with Crippen LogP contribution in [-0.4, -0.2) is 54.6 Å². The number of piperazine rings is 1. The molecular formula is C18H25N5. The molecule has 1 aliphatic heterocycles. The van der Waals surface area contributed by atoms with Crippen LogP contribution in [0.15, 0.2) is 36.4 Å². The van der Waals surface area contributed by atoms with Crippen LogP contribution in [0.1, 0.15) is 12.7 Å². The molecule has 0 aliphatic carbocycles. The minimum Gasteiger partial charge on any atom is -0.354 e. The Kier molecular flexibility index (Phi) is 4.76. The summed E-state index contributed by atoms with van der Waals surface area (Å²) in [4.78, 5) is 16.3. The van der Waals surface area contributed by atoms with Crippen LogP contribution < -0.4 is 9.80 Å². The Hall–Kier alpha value is -2.14. The highest BCUT2D eigenvalue weighted by atomic mass is 15.3. The molecule has 1 aromatic carbocycles. The van der Waals surface area contributed by atoms with Crippen molar-refractivity contribution in [3.05, 3.63) is 42.2 Å². The maximum Gasteiger partial charge on any atom is 0.138 e. The van der Waals surface area contributed by atoms with Gasteiger partial charge in [0, 0.05) is 44.5 Å². The van der Waals surface area contributed by atoms with Crippen LogP contribution in [0.4, 0.5) is 17.3 Å². The minimum absolute atomic E-state index is 0.825. The van der Waals surface area contributed by atoms with E-state index in [9.17, 15) is 0 Å². The molecule has 5 nitrogen and oxygen atoms in total. The highest BCUT2D eigenvalue weighted by molar-refractivity contribution is 5.62. The van der Waals surface area contributed by atoms with Crippen molar-refractivity contribution in [2.45, 2.75) is 13.8 Å². The van der Waals surface area contributed by atoms with Gasteiger partial charge in [0.2, 0.25) is 0 Å². The maximum atomic E-state index is 4.67. The Morgan fingerprint density at radius 3 is 2.39 bits per heavy atom. The van der Waals surface area contributed by atoms with Crippen molar-refractivity contribution in [2.75, 3.05) is 49.6 Å². The Morgan fingerprint density at radius 1 is 1.04 bits per heavy atom. The molecule has 0 radical (unpaired) electrons. The zero-order chi connectivity index (χ0) is 16.2. The van der Waals surface area contributed by atoms with E-state index in [0.29, 0.717) is 0 Å². The van der Waals surface area contributed by atoms with E-state index in [-0.39, 0.29) is 0 Å². The van der Waals surface area contributed by atoms with E-state index in [4.69, 9.17) is 0 Å². The molecule has 3 rings (SSSR count). The highest BCUT2D eigenvalue weighted by Gasteiger charge is 2.18. The first-order valence-electron chi connectivity index (χ1n) is 8.29. The lowest BCUT2D eigenvalue weighted by atomic mass is 10.2. The van der Waals surface area contributed by atoms with E-state index in [1.54, 1.807) is 0 Å². The standard InChI is InChI=1S/C18H25N5/c1-4-23(16-8-6-5-7-9-16)18-14-17(19-15(2)20-18)22-12-10-21(3)11-13-22/h5-9,14H,4,10-13H2,1-3H3. The van der Waals surface area contributed by atoms with Crippen molar-refractivity contribution in [1.29, 1.82) is 0 Å². The molecule has 0 amide bonds. The Bertz CT molecular complexity index is 635. The van der Waals surface area contributed by atoms with Gasteiger partial charge in [0.15, 0.2) is 0 Å². The fourth-order valence-corrected chi connectivity index (χ4v) is 2.96. The quantitative estimate of drug-likeness (QED) is 0.867. The summed E-state index contributed by atoms with van der Waals surface area (Å²) < 4.78 is 0. The average molecular weight is 311 g/mol. The molecule has 1 aromatic heterocycles. The monoisotopic (exact) mass is 311 g/mol. The molecule has 0 atom stereocenters. The predicted molar refractivity (Wildman–Crippen MR) is 95.6 cm³/mol. The smallest absolute Gasteiger partial charge is 0.138 e. The normalized spacial score (nSPS) is 15.7. The molecule has 0 saturated carbocycles. The number of para-hydroxylation sites is 1. The van der Waals surface area contributed by atoms with Gasteiger partial charge in [0.25, 0.3) is 0 Å². The molecule has 1 aliphatic rings. The van der Waals surface area contributed by atoms with Gasteiger partial charge in [-0.05, 0) is 33.0 Å². The summed E-state index contributed by atoms with van der Waals surface area (Å²) in [6, 6.07) is 12.5. The summed E-state index contributed by atoms with van der Waals surface area (Å²) in [6.07, 6.45) is 0. The van der Waals surface area contributed by atoms with Crippen molar-refractivity contribution in [2.24, 2.45) is 0 Å². The van der Waals surface area contributed by atoms with Gasteiger partial charge >= 0.3 is 0 Å². The number of hydrogen-bond acceptors (Lipinski definition) is 5. The first kappa shape index (κ1) is 15.7. The van der Waals surface area contributed by atoms with Crippen molar-refractivity contribution in [1.82, 2.24) is 14.9 Å². The number of hydrogen-bond donors (Lipinski definition) is 0. The van der Waals surface area contributed by atoms with E-state index >= 15 is 0 Å². The van der Waals surface area contributed by atoms with Gasteiger partial charge < -0.3 is 14.7 Å². The Labute approximate surface area is 138 Å². The largest absolute Gasteiger partial charge is 0.354 e. The van der Waals surface area contributed by atoms with E-state index in [1.165, 1.54) is 0 Å². The molecule has 0 bridgehead atoms. The molecule has 23 heavy (non-hydrogen) atoms. The number of likely N-dealkylation sites (N-methyl/N-ethyl adjacent to an activating group) is 1. The molecule has 1 fully saturated rings. The summed E-state index contributed by atoms with van der Waals surface area (Å²) in [5.74, 6) is 2.83. The van der Waals surface area contributed by atoms with Crippen LogP contribution in [0.2, 0.25) is 0 Å². The molecule has 5 heteroatoms. The number of aryl methyl sites for hydroxylation is 1. The van der Waals surface area contributed by atoms with E-state index in [1.807, 2.05) is 13.0 Å². The zero-order valence-corrected chi connectivity index (χ0v) is 14.2. The molecule has 122 valence electrons. The van der Waals surface area contributed by atoms with Crippen molar-refractivity contribution in [3.63, 3.8) is 0 Å². The third-order valence-corrected chi connectivity index (χ3v) is 4.30. The fraction of sp³-hybridized carbons (Fsp3) is 0.444. The summed E-state index contributed by atoms with van der Waals surface area (Å²) in [5.41, 5.74) is 1.16. The van der Waals surface area contributed by atoms with Gasteiger partial charge in [0.1, 0.15) is 17.5 Å². The van der Waals surface area contributed by atoms with Gasteiger partial charge in [-0.25, -0.2) is 9.97 Å². The molecule has 0 unspecified atom stereocenters. The number of anilines is 3. The molecule has 0 N–H and O–H groups in total. The third-order valence-electron chi connectivity index (χ3n) is 4.30. The SMILES string of the molecule is CCN(c1ccccc1)c1cc(N2CCN(C)CC2)nc(C)n1. The second-order valence-electron chi connectivity index (χ2n) is 6.00. The first-order chi connectivity index (χ1) is 11.2. The lowest BCUT2D eigenvalue weighted by Crippen LogP contribution is -2.45. The zero-order valence-electron chi connectivity index (χ0n) is 14.2. The molecule has 1 saturated heterocycles. The van der Waals surface area contributed by atoms with Crippen LogP contribution in [0, 0.1) is 6.92 Å². The molecular weight excluding hydrogens is 286 g/mol. The summed E-state index contributed by atoms with van der Waals surface area (Å²) in [6.45, 7) is 9.20. The Balaban J connectivity index is 1.90. The van der Waals surface area contributed by atoms with Gasteiger partial charge in [-0.3, -0.25) is 0 Å². The van der Waals surface area contributed by atoms with Gasteiger partial charge in [-0.2, -0.15) is 0 Å². The van der Waals surface area contributed by atoms with Gasteiger partial charge in [-0.1, -0.05) is 18.2 Å². The predicted octanol–water partition coefficient (Wildman–Crippen LogP) is 2.69.